The van der Waals surface area contributed by atoms with E-state index in [9.17, 15) is 4.79 Å². The lowest BCUT2D eigenvalue weighted by atomic mass is 9.93. The maximum Gasteiger partial charge on any atom is 0.258 e. The van der Waals surface area contributed by atoms with Crippen LogP contribution in [-0.2, 0) is 18.3 Å². The molecular formula is C14H16ClN5O2. The molecular weight excluding hydrogens is 306 g/mol. The molecule has 0 fully saturated rings. The zero-order valence-corrected chi connectivity index (χ0v) is 12.9. The Bertz CT molecular complexity index is 688. The van der Waals surface area contributed by atoms with Crippen molar-refractivity contribution in [2.75, 3.05) is 6.61 Å². The number of hydrogen-bond donors (Lipinski definition) is 1. The van der Waals surface area contributed by atoms with Gasteiger partial charge in [0.1, 0.15) is 0 Å². The highest BCUT2D eigenvalue weighted by molar-refractivity contribution is 6.29. The molecule has 0 bridgehead atoms. The Morgan fingerprint density at radius 2 is 2.41 bits per heavy atom. The van der Waals surface area contributed by atoms with E-state index in [4.69, 9.17) is 16.3 Å². The van der Waals surface area contributed by atoms with E-state index < -0.39 is 0 Å². The van der Waals surface area contributed by atoms with Gasteiger partial charge in [0, 0.05) is 18.8 Å². The van der Waals surface area contributed by atoms with Crippen molar-refractivity contribution in [3.63, 3.8) is 0 Å². The summed E-state index contributed by atoms with van der Waals surface area (Å²) in [7, 11) is 1.89. The molecule has 0 saturated carbocycles. The van der Waals surface area contributed by atoms with Gasteiger partial charge < -0.3 is 10.1 Å². The third-order valence-corrected chi connectivity index (χ3v) is 3.67. The predicted octanol–water partition coefficient (Wildman–Crippen LogP) is 1.44. The van der Waals surface area contributed by atoms with Crippen LogP contribution in [0.15, 0.2) is 18.6 Å². The largest absolute Gasteiger partial charge is 0.466 e. The van der Waals surface area contributed by atoms with Crippen molar-refractivity contribution >= 4 is 17.5 Å². The quantitative estimate of drug-likeness (QED) is 0.921. The molecule has 0 aliphatic heterocycles. The fourth-order valence-corrected chi connectivity index (χ4v) is 2.73. The highest BCUT2D eigenvalue weighted by atomic mass is 35.5. The molecule has 22 heavy (non-hydrogen) atoms. The minimum atomic E-state index is -0.205. The van der Waals surface area contributed by atoms with Crippen LogP contribution >= 0.6 is 11.6 Å². The number of ether oxygens (including phenoxy) is 1. The number of nitrogens with zero attached hydrogens (tertiary/aromatic N) is 4. The normalized spacial score (nSPS) is 16.9. The van der Waals surface area contributed by atoms with E-state index in [1.54, 1.807) is 4.68 Å². The summed E-state index contributed by atoms with van der Waals surface area (Å²) < 4.78 is 7.08. The number of carbonyl (C=O) groups excluding carboxylic acids is 1. The van der Waals surface area contributed by atoms with Gasteiger partial charge in [-0.15, -0.1) is 0 Å². The van der Waals surface area contributed by atoms with Crippen LogP contribution in [0.2, 0.25) is 5.15 Å². The Morgan fingerprint density at radius 3 is 3.23 bits per heavy atom. The summed E-state index contributed by atoms with van der Waals surface area (Å²) in [4.78, 5) is 19.8. The maximum atomic E-state index is 12.0. The zero-order valence-electron chi connectivity index (χ0n) is 12.1. The molecule has 1 N–H and O–H groups in total. The lowest BCUT2D eigenvalue weighted by Gasteiger charge is -2.22. The zero-order chi connectivity index (χ0) is 15.5. The first-order chi connectivity index (χ1) is 10.6. The molecule has 116 valence electrons. The molecule has 2 aromatic heterocycles. The monoisotopic (exact) mass is 321 g/mol. The number of fused-ring (bicyclic) bond motifs is 1. The summed E-state index contributed by atoms with van der Waals surface area (Å²) in [5.74, 6) is 0.0249. The topological polar surface area (TPSA) is 81.9 Å². The van der Waals surface area contributed by atoms with Gasteiger partial charge in [-0.1, -0.05) is 11.6 Å². The number of rotatable bonds is 4. The summed E-state index contributed by atoms with van der Waals surface area (Å²) >= 11 is 5.71. The van der Waals surface area contributed by atoms with Gasteiger partial charge >= 0.3 is 0 Å². The third-order valence-electron chi connectivity index (χ3n) is 3.49. The van der Waals surface area contributed by atoms with E-state index in [1.807, 2.05) is 13.2 Å². The standard InChI is InChI=1S/C14H16ClN5O2/c1-20-7-9-10(3-2-4-11(9)19-20)17-13(21)8-22-14-6-16-5-12(15)18-14/h5-7,10H,2-4,8H2,1H3,(H,17,21). The van der Waals surface area contributed by atoms with Crippen LogP contribution in [0.25, 0.3) is 0 Å². The molecule has 3 rings (SSSR count). The Balaban J connectivity index is 1.58. The number of carbonyl (C=O) groups is 1. The van der Waals surface area contributed by atoms with Crippen LogP contribution in [0, 0.1) is 0 Å². The van der Waals surface area contributed by atoms with Crippen LogP contribution in [0.5, 0.6) is 5.88 Å². The van der Waals surface area contributed by atoms with Gasteiger partial charge in [-0.2, -0.15) is 10.1 Å². The number of halogens is 1. The lowest BCUT2D eigenvalue weighted by molar-refractivity contribution is -0.124. The fraction of sp³-hybridized carbons (Fsp3) is 0.429. The minimum absolute atomic E-state index is 0.0148. The number of nitrogens with one attached hydrogen (secondary N) is 1. The minimum Gasteiger partial charge on any atom is -0.466 e. The molecule has 8 heteroatoms. The second-order valence-electron chi connectivity index (χ2n) is 5.19. The number of hydrogen-bond acceptors (Lipinski definition) is 5. The molecule has 1 unspecified atom stereocenters. The molecule has 0 saturated heterocycles. The van der Waals surface area contributed by atoms with Gasteiger partial charge in [0.15, 0.2) is 11.8 Å². The van der Waals surface area contributed by atoms with Gasteiger partial charge in [0.05, 0.1) is 24.1 Å². The molecule has 2 heterocycles. The van der Waals surface area contributed by atoms with E-state index in [-0.39, 0.29) is 29.6 Å². The van der Waals surface area contributed by atoms with E-state index in [2.05, 4.69) is 20.4 Å². The Hall–Kier alpha value is -2.15. The third kappa shape index (κ3) is 3.36. The SMILES string of the molecule is Cn1cc2c(n1)CCCC2NC(=O)COc1cncc(Cl)n1. The predicted molar refractivity (Wildman–Crippen MR) is 79.6 cm³/mol. The van der Waals surface area contributed by atoms with Gasteiger partial charge in [0.25, 0.3) is 5.91 Å². The molecule has 2 aromatic rings. The van der Waals surface area contributed by atoms with Gasteiger partial charge in [-0.05, 0) is 19.3 Å². The van der Waals surface area contributed by atoms with Gasteiger partial charge in [-0.3, -0.25) is 14.5 Å². The second kappa shape index (κ2) is 6.31. The van der Waals surface area contributed by atoms with Crippen molar-refractivity contribution in [2.24, 2.45) is 7.05 Å². The van der Waals surface area contributed by atoms with Crippen molar-refractivity contribution in [1.29, 1.82) is 0 Å². The van der Waals surface area contributed by atoms with Crippen LogP contribution in [0.1, 0.15) is 30.1 Å². The van der Waals surface area contributed by atoms with Crippen LogP contribution in [0.4, 0.5) is 0 Å². The summed E-state index contributed by atoms with van der Waals surface area (Å²) in [6.07, 6.45) is 7.65. The van der Waals surface area contributed by atoms with Crippen molar-refractivity contribution in [1.82, 2.24) is 25.1 Å². The van der Waals surface area contributed by atoms with Crippen LogP contribution in [-0.4, -0.2) is 32.3 Å². The first kappa shape index (κ1) is 14.8. The molecule has 0 spiro atoms. The van der Waals surface area contributed by atoms with E-state index >= 15 is 0 Å². The average Bonchev–Trinajstić information content (AvgIpc) is 2.87. The van der Waals surface area contributed by atoms with Gasteiger partial charge in [0.2, 0.25) is 5.88 Å². The molecule has 1 aliphatic rings. The fourth-order valence-electron chi connectivity index (χ4n) is 2.59. The molecule has 1 atom stereocenters. The molecule has 0 radical (unpaired) electrons. The average molecular weight is 322 g/mol. The smallest absolute Gasteiger partial charge is 0.258 e. The first-order valence-electron chi connectivity index (χ1n) is 7.04. The van der Waals surface area contributed by atoms with Crippen molar-refractivity contribution in [3.8, 4) is 5.88 Å². The summed E-state index contributed by atoms with van der Waals surface area (Å²) in [5, 5.41) is 7.62. The highest BCUT2D eigenvalue weighted by Crippen LogP contribution is 2.28. The Morgan fingerprint density at radius 1 is 1.55 bits per heavy atom. The van der Waals surface area contributed by atoms with E-state index in [0.717, 1.165) is 30.5 Å². The number of aromatic nitrogens is 4. The molecule has 1 aliphatic carbocycles. The summed E-state index contributed by atoms with van der Waals surface area (Å²) in [6.45, 7) is -0.124. The Kier molecular flexibility index (Phi) is 4.24. The van der Waals surface area contributed by atoms with Crippen molar-refractivity contribution in [3.05, 3.63) is 35.0 Å². The maximum absolute atomic E-state index is 12.0. The summed E-state index contributed by atoms with van der Waals surface area (Å²) in [5.41, 5.74) is 2.14. The summed E-state index contributed by atoms with van der Waals surface area (Å²) in [6, 6.07) is -0.0148. The molecule has 7 nitrogen and oxygen atoms in total. The molecule has 0 aromatic carbocycles. The van der Waals surface area contributed by atoms with Crippen molar-refractivity contribution in [2.45, 2.75) is 25.3 Å². The number of aryl methyl sites for hydroxylation is 2. The van der Waals surface area contributed by atoms with E-state index in [0.29, 0.717) is 0 Å². The van der Waals surface area contributed by atoms with Gasteiger partial charge in [-0.25, -0.2) is 0 Å². The van der Waals surface area contributed by atoms with Crippen LogP contribution < -0.4 is 10.1 Å². The van der Waals surface area contributed by atoms with E-state index in [1.165, 1.54) is 12.4 Å². The highest BCUT2D eigenvalue weighted by Gasteiger charge is 2.24. The molecule has 1 amide bonds. The number of amides is 1. The Labute approximate surface area is 132 Å². The van der Waals surface area contributed by atoms with Crippen molar-refractivity contribution < 1.29 is 9.53 Å². The van der Waals surface area contributed by atoms with Crippen LogP contribution in [0.3, 0.4) is 0 Å². The second-order valence-corrected chi connectivity index (χ2v) is 5.57. The lowest BCUT2D eigenvalue weighted by Crippen LogP contribution is -2.34. The first-order valence-corrected chi connectivity index (χ1v) is 7.42.